The van der Waals surface area contributed by atoms with Crippen molar-refractivity contribution in [3.63, 3.8) is 0 Å². The van der Waals surface area contributed by atoms with Crippen molar-refractivity contribution >= 4 is 41.0 Å². The van der Waals surface area contributed by atoms with Crippen LogP contribution in [0.4, 0.5) is 5.69 Å². The first kappa shape index (κ1) is 28.5. The lowest BCUT2D eigenvalue weighted by atomic mass is 10.0. The summed E-state index contributed by atoms with van der Waals surface area (Å²) < 4.78 is 7.95. The molecule has 0 radical (unpaired) electrons. The maximum Gasteiger partial charge on any atom is 0.248 e. The molecule has 4 rings (SSSR count). The minimum absolute atomic E-state index is 0.214. The molecule has 0 aliphatic heterocycles. The van der Waals surface area contributed by atoms with Crippen LogP contribution in [-0.4, -0.2) is 22.1 Å². The normalized spacial score (nSPS) is 11.2. The minimum Gasteiger partial charge on any atom is -0.494 e. The fourth-order valence-corrected chi connectivity index (χ4v) is 5.04. The second-order valence-electron chi connectivity index (χ2n) is 9.18. The highest BCUT2D eigenvalue weighted by atomic mass is 35.5. The van der Waals surface area contributed by atoms with Gasteiger partial charge in [0, 0.05) is 45.9 Å². The number of aromatic nitrogens is 2. The lowest BCUT2D eigenvalue weighted by Gasteiger charge is -2.08. The minimum atomic E-state index is -0.214. The van der Waals surface area contributed by atoms with Crippen molar-refractivity contribution < 1.29 is 9.53 Å². The van der Waals surface area contributed by atoms with E-state index < -0.39 is 0 Å². The van der Waals surface area contributed by atoms with E-state index in [1.165, 1.54) is 11.8 Å². The number of ether oxygens (including phenoxy) is 1. The van der Waals surface area contributed by atoms with Gasteiger partial charge in [0.05, 0.1) is 12.9 Å². The summed E-state index contributed by atoms with van der Waals surface area (Å²) in [7, 11) is 0. The molecule has 0 saturated heterocycles. The van der Waals surface area contributed by atoms with Gasteiger partial charge in [0.15, 0.2) is 0 Å². The van der Waals surface area contributed by atoms with Gasteiger partial charge in [0.25, 0.3) is 0 Å². The second kappa shape index (κ2) is 14.6. The van der Waals surface area contributed by atoms with Gasteiger partial charge >= 0.3 is 0 Å². The Hall–Kier alpha value is -3.48. The summed E-state index contributed by atoms with van der Waals surface area (Å²) in [5, 5.41) is 3.51. The standard InChI is InChI=1S/C32H34ClN3O2S/c1-3-5-19-38-29-12-6-24(7-13-29)25-8-16-31(33)26(20-25)9-17-32(37)35-27-10-14-30(15-11-27)39-22-28-21-34-23-36(28)18-4-2/h6-17,20-21,23H,3-5,18-19,22H2,1-2H3,(H,35,37)/b17-9+. The molecule has 4 aromatic rings. The highest BCUT2D eigenvalue weighted by molar-refractivity contribution is 7.98. The molecular weight excluding hydrogens is 526 g/mol. The van der Waals surface area contributed by atoms with E-state index in [0.29, 0.717) is 5.02 Å². The number of benzene rings is 3. The maximum absolute atomic E-state index is 12.6. The molecule has 0 aliphatic carbocycles. The number of aryl methyl sites for hydroxylation is 1. The zero-order valence-electron chi connectivity index (χ0n) is 22.4. The van der Waals surface area contributed by atoms with E-state index in [-0.39, 0.29) is 5.91 Å². The molecule has 0 unspecified atom stereocenters. The molecule has 1 heterocycles. The summed E-state index contributed by atoms with van der Waals surface area (Å²) >= 11 is 8.17. The second-order valence-corrected chi connectivity index (χ2v) is 10.6. The smallest absolute Gasteiger partial charge is 0.248 e. The fraction of sp³-hybridized carbons (Fsp3) is 0.250. The number of amides is 1. The molecular formula is C32H34ClN3O2S. The Labute approximate surface area is 240 Å². The number of nitrogens with zero attached hydrogens (tertiary/aromatic N) is 2. The Balaban J connectivity index is 1.33. The van der Waals surface area contributed by atoms with Gasteiger partial charge in [-0.05, 0) is 84.1 Å². The molecule has 0 bridgehead atoms. The highest BCUT2D eigenvalue weighted by Crippen LogP contribution is 2.28. The summed E-state index contributed by atoms with van der Waals surface area (Å²) in [5.74, 6) is 1.50. The van der Waals surface area contributed by atoms with E-state index in [4.69, 9.17) is 16.3 Å². The first-order valence-corrected chi connectivity index (χ1v) is 14.7. The third kappa shape index (κ3) is 8.50. The van der Waals surface area contributed by atoms with Crippen LogP contribution in [0.1, 0.15) is 44.4 Å². The van der Waals surface area contributed by atoms with Crippen LogP contribution < -0.4 is 10.1 Å². The van der Waals surface area contributed by atoms with Gasteiger partial charge in [-0.3, -0.25) is 4.79 Å². The Morgan fingerprint density at radius 2 is 1.79 bits per heavy atom. The zero-order chi connectivity index (χ0) is 27.5. The van der Waals surface area contributed by atoms with Crippen LogP contribution in [0.3, 0.4) is 0 Å². The van der Waals surface area contributed by atoms with Crippen molar-refractivity contribution in [3.05, 3.63) is 102 Å². The number of hydrogen-bond donors (Lipinski definition) is 1. The fourth-order valence-electron chi connectivity index (χ4n) is 3.98. The van der Waals surface area contributed by atoms with Crippen molar-refractivity contribution in [1.29, 1.82) is 0 Å². The van der Waals surface area contributed by atoms with Crippen LogP contribution in [-0.2, 0) is 17.1 Å². The number of anilines is 1. The molecule has 0 fully saturated rings. The number of nitrogens with one attached hydrogen (secondary N) is 1. The Morgan fingerprint density at radius 3 is 2.54 bits per heavy atom. The zero-order valence-corrected chi connectivity index (χ0v) is 24.0. The first-order chi connectivity index (χ1) is 19.1. The number of thioether (sulfide) groups is 1. The van der Waals surface area contributed by atoms with Crippen molar-refractivity contribution in [2.45, 2.75) is 50.3 Å². The SMILES string of the molecule is CCCCOc1ccc(-c2ccc(Cl)c(/C=C/C(=O)Nc3ccc(SCc4cncn4CCC)cc3)c2)cc1. The molecule has 0 saturated carbocycles. The molecule has 1 aromatic heterocycles. The van der Waals surface area contributed by atoms with Gasteiger partial charge in [-0.25, -0.2) is 4.98 Å². The predicted molar refractivity (Wildman–Crippen MR) is 163 cm³/mol. The lowest BCUT2D eigenvalue weighted by molar-refractivity contribution is -0.111. The van der Waals surface area contributed by atoms with Crippen molar-refractivity contribution in [2.24, 2.45) is 0 Å². The number of halogens is 1. The third-order valence-electron chi connectivity index (χ3n) is 6.14. The van der Waals surface area contributed by atoms with Gasteiger partial charge in [-0.15, -0.1) is 11.8 Å². The van der Waals surface area contributed by atoms with E-state index in [2.05, 4.69) is 28.7 Å². The Bertz CT molecular complexity index is 1380. The third-order valence-corrected chi connectivity index (χ3v) is 7.53. The maximum atomic E-state index is 12.6. The monoisotopic (exact) mass is 559 g/mol. The van der Waals surface area contributed by atoms with Crippen molar-refractivity contribution in [3.8, 4) is 16.9 Å². The van der Waals surface area contributed by atoms with E-state index >= 15 is 0 Å². The van der Waals surface area contributed by atoms with Gasteiger partial charge < -0.3 is 14.6 Å². The summed E-state index contributed by atoms with van der Waals surface area (Å²) in [6, 6.07) is 21.7. The summed E-state index contributed by atoms with van der Waals surface area (Å²) in [6.07, 6.45) is 10.3. The van der Waals surface area contributed by atoms with Crippen LogP contribution >= 0.6 is 23.4 Å². The molecule has 1 amide bonds. The molecule has 5 nitrogen and oxygen atoms in total. The number of imidazole rings is 1. The number of carbonyl (C=O) groups excluding carboxylic acids is 1. The molecule has 1 N–H and O–H groups in total. The molecule has 3 aromatic carbocycles. The van der Waals surface area contributed by atoms with Crippen LogP contribution in [0.2, 0.25) is 5.02 Å². The number of unbranched alkanes of at least 4 members (excludes halogenated alkanes) is 1. The van der Waals surface area contributed by atoms with Gasteiger partial charge in [-0.2, -0.15) is 0 Å². The van der Waals surface area contributed by atoms with E-state index in [1.54, 1.807) is 17.8 Å². The number of carbonyl (C=O) groups is 1. The van der Waals surface area contributed by atoms with Crippen LogP contribution in [0.5, 0.6) is 5.75 Å². The molecule has 39 heavy (non-hydrogen) atoms. The summed E-state index contributed by atoms with van der Waals surface area (Å²) in [5.41, 5.74) is 4.81. The number of rotatable bonds is 13. The Morgan fingerprint density at radius 1 is 1.03 bits per heavy atom. The van der Waals surface area contributed by atoms with Crippen molar-refractivity contribution in [1.82, 2.24) is 9.55 Å². The van der Waals surface area contributed by atoms with Gasteiger partial charge in [0.2, 0.25) is 5.91 Å². The largest absolute Gasteiger partial charge is 0.494 e. The summed E-state index contributed by atoms with van der Waals surface area (Å²) in [4.78, 5) is 18.0. The topological polar surface area (TPSA) is 56.1 Å². The molecule has 0 aliphatic rings. The van der Waals surface area contributed by atoms with Crippen molar-refractivity contribution in [2.75, 3.05) is 11.9 Å². The lowest BCUT2D eigenvalue weighted by Crippen LogP contribution is -2.07. The van der Waals surface area contributed by atoms with E-state index in [0.717, 1.165) is 71.2 Å². The molecule has 0 atom stereocenters. The average Bonchev–Trinajstić information content (AvgIpc) is 3.40. The van der Waals surface area contributed by atoms with Crippen LogP contribution in [0, 0.1) is 0 Å². The molecule has 0 spiro atoms. The van der Waals surface area contributed by atoms with E-state index in [9.17, 15) is 4.79 Å². The first-order valence-electron chi connectivity index (χ1n) is 13.3. The quantitative estimate of drug-likeness (QED) is 0.101. The van der Waals surface area contributed by atoms with E-state index in [1.807, 2.05) is 79.3 Å². The van der Waals surface area contributed by atoms with Crippen LogP contribution in [0.25, 0.3) is 17.2 Å². The molecule has 202 valence electrons. The Kier molecular flexibility index (Phi) is 10.7. The van der Waals surface area contributed by atoms with Crippen LogP contribution in [0.15, 0.2) is 90.2 Å². The number of hydrogen-bond acceptors (Lipinski definition) is 4. The molecule has 7 heteroatoms. The predicted octanol–water partition coefficient (Wildman–Crippen LogP) is 8.74. The highest BCUT2D eigenvalue weighted by Gasteiger charge is 2.06. The summed E-state index contributed by atoms with van der Waals surface area (Å²) in [6.45, 7) is 6.01. The van der Waals surface area contributed by atoms with Gasteiger partial charge in [0.1, 0.15) is 5.75 Å². The van der Waals surface area contributed by atoms with Gasteiger partial charge in [-0.1, -0.05) is 50.1 Å². The average molecular weight is 560 g/mol.